The molecule has 112 valence electrons. The summed E-state index contributed by atoms with van der Waals surface area (Å²) in [4.78, 5) is 0. The SMILES string of the molecule is COc1cccc(Cn2ncc3c2CCCC3N)c1OC. The molecule has 5 heteroatoms. The van der Waals surface area contributed by atoms with Crippen molar-refractivity contribution in [1.29, 1.82) is 0 Å². The molecular formula is C16H21N3O2. The van der Waals surface area contributed by atoms with Crippen LogP contribution in [0.3, 0.4) is 0 Å². The number of hydrogen-bond acceptors (Lipinski definition) is 4. The maximum Gasteiger partial charge on any atom is 0.165 e. The normalized spacial score (nSPS) is 17.4. The van der Waals surface area contributed by atoms with Gasteiger partial charge in [-0.25, -0.2) is 0 Å². The minimum Gasteiger partial charge on any atom is -0.493 e. The monoisotopic (exact) mass is 287 g/mol. The Kier molecular flexibility index (Phi) is 3.84. The van der Waals surface area contributed by atoms with Crippen molar-refractivity contribution in [1.82, 2.24) is 9.78 Å². The van der Waals surface area contributed by atoms with Gasteiger partial charge in [0.15, 0.2) is 11.5 Å². The molecule has 1 heterocycles. The number of aromatic nitrogens is 2. The second-order valence-electron chi connectivity index (χ2n) is 5.36. The Morgan fingerprint density at radius 3 is 2.95 bits per heavy atom. The third-order valence-electron chi connectivity index (χ3n) is 4.11. The molecule has 0 spiro atoms. The number of hydrogen-bond donors (Lipinski definition) is 1. The van der Waals surface area contributed by atoms with Crippen LogP contribution in [0.25, 0.3) is 0 Å². The van der Waals surface area contributed by atoms with Gasteiger partial charge in [-0.05, 0) is 25.3 Å². The van der Waals surface area contributed by atoms with Crippen LogP contribution < -0.4 is 15.2 Å². The van der Waals surface area contributed by atoms with E-state index in [2.05, 4.69) is 5.10 Å². The highest BCUT2D eigenvalue weighted by Gasteiger charge is 2.22. The molecule has 1 aliphatic carbocycles. The minimum atomic E-state index is 0.120. The quantitative estimate of drug-likeness (QED) is 0.937. The van der Waals surface area contributed by atoms with Gasteiger partial charge < -0.3 is 15.2 Å². The lowest BCUT2D eigenvalue weighted by Crippen LogP contribution is -2.18. The number of fused-ring (bicyclic) bond motifs is 1. The van der Waals surface area contributed by atoms with Gasteiger partial charge >= 0.3 is 0 Å². The molecule has 0 radical (unpaired) electrons. The largest absolute Gasteiger partial charge is 0.493 e. The summed E-state index contributed by atoms with van der Waals surface area (Å²) < 4.78 is 12.9. The topological polar surface area (TPSA) is 62.3 Å². The zero-order valence-electron chi connectivity index (χ0n) is 12.5. The van der Waals surface area contributed by atoms with E-state index in [0.29, 0.717) is 6.54 Å². The fourth-order valence-electron chi connectivity index (χ4n) is 3.03. The number of ether oxygens (including phenoxy) is 2. The van der Waals surface area contributed by atoms with Crippen LogP contribution in [-0.2, 0) is 13.0 Å². The van der Waals surface area contributed by atoms with Crippen LogP contribution in [0.15, 0.2) is 24.4 Å². The molecule has 21 heavy (non-hydrogen) atoms. The maximum atomic E-state index is 6.16. The summed E-state index contributed by atoms with van der Waals surface area (Å²) in [6, 6.07) is 6.03. The second kappa shape index (κ2) is 5.77. The van der Waals surface area contributed by atoms with E-state index in [0.717, 1.165) is 36.3 Å². The average Bonchev–Trinajstić information content (AvgIpc) is 2.91. The van der Waals surface area contributed by atoms with Crippen molar-refractivity contribution in [3.63, 3.8) is 0 Å². The van der Waals surface area contributed by atoms with Gasteiger partial charge in [-0.3, -0.25) is 4.68 Å². The molecule has 1 atom stereocenters. The third kappa shape index (κ3) is 2.49. The Balaban J connectivity index is 1.94. The van der Waals surface area contributed by atoms with Crippen LogP contribution in [0.2, 0.25) is 0 Å². The van der Waals surface area contributed by atoms with Crippen LogP contribution in [0.5, 0.6) is 11.5 Å². The molecule has 0 aliphatic heterocycles. The zero-order valence-corrected chi connectivity index (χ0v) is 12.5. The summed E-state index contributed by atoms with van der Waals surface area (Å²) in [6.45, 7) is 0.669. The number of benzene rings is 1. The predicted octanol–water partition coefficient (Wildman–Crippen LogP) is 2.28. The van der Waals surface area contributed by atoms with E-state index in [1.165, 1.54) is 11.3 Å². The molecule has 1 aliphatic rings. The first-order valence-corrected chi connectivity index (χ1v) is 7.24. The molecule has 2 N–H and O–H groups in total. The average molecular weight is 287 g/mol. The maximum absolute atomic E-state index is 6.16. The fourth-order valence-corrected chi connectivity index (χ4v) is 3.03. The Hall–Kier alpha value is -2.01. The summed E-state index contributed by atoms with van der Waals surface area (Å²) in [5, 5.41) is 4.51. The lowest BCUT2D eigenvalue weighted by Gasteiger charge is -2.20. The molecule has 1 unspecified atom stereocenters. The Bertz CT molecular complexity index is 636. The molecular weight excluding hydrogens is 266 g/mol. The van der Waals surface area contributed by atoms with Crippen LogP contribution in [-0.4, -0.2) is 24.0 Å². The zero-order chi connectivity index (χ0) is 14.8. The smallest absolute Gasteiger partial charge is 0.165 e. The predicted molar refractivity (Wildman–Crippen MR) is 80.7 cm³/mol. The van der Waals surface area contributed by atoms with E-state index in [1.807, 2.05) is 29.1 Å². The van der Waals surface area contributed by atoms with Crippen LogP contribution in [0.1, 0.15) is 35.7 Å². The molecule has 1 aromatic heterocycles. The van der Waals surface area contributed by atoms with Crippen molar-refractivity contribution in [2.24, 2.45) is 5.73 Å². The van der Waals surface area contributed by atoms with Crippen molar-refractivity contribution in [3.05, 3.63) is 41.2 Å². The highest BCUT2D eigenvalue weighted by Crippen LogP contribution is 2.33. The standard InChI is InChI=1S/C16H21N3O2/c1-20-15-8-3-5-11(16(15)21-2)10-19-14-7-4-6-13(17)12(14)9-18-19/h3,5,8-9,13H,4,6-7,10,17H2,1-2H3. The second-order valence-corrected chi connectivity index (χ2v) is 5.36. The highest BCUT2D eigenvalue weighted by molar-refractivity contribution is 5.46. The first-order valence-electron chi connectivity index (χ1n) is 7.24. The van der Waals surface area contributed by atoms with E-state index in [-0.39, 0.29) is 6.04 Å². The lowest BCUT2D eigenvalue weighted by atomic mass is 9.94. The van der Waals surface area contributed by atoms with Gasteiger partial charge in [-0.15, -0.1) is 0 Å². The first-order chi connectivity index (χ1) is 10.2. The summed E-state index contributed by atoms with van der Waals surface area (Å²) in [5.41, 5.74) is 9.65. The number of para-hydroxylation sites is 1. The molecule has 0 amide bonds. The molecule has 1 aromatic carbocycles. The molecule has 3 rings (SSSR count). The van der Waals surface area contributed by atoms with E-state index in [4.69, 9.17) is 15.2 Å². The number of rotatable bonds is 4. The van der Waals surface area contributed by atoms with Crippen molar-refractivity contribution >= 4 is 0 Å². The van der Waals surface area contributed by atoms with Gasteiger partial charge in [0.2, 0.25) is 0 Å². The van der Waals surface area contributed by atoms with Crippen molar-refractivity contribution in [2.75, 3.05) is 14.2 Å². The molecule has 0 bridgehead atoms. The Morgan fingerprint density at radius 1 is 1.33 bits per heavy atom. The van der Waals surface area contributed by atoms with Gasteiger partial charge in [-0.1, -0.05) is 12.1 Å². The Morgan fingerprint density at radius 2 is 2.19 bits per heavy atom. The number of methoxy groups -OCH3 is 2. The van der Waals surface area contributed by atoms with Gasteiger partial charge in [0, 0.05) is 22.9 Å². The number of nitrogens with zero attached hydrogens (tertiary/aromatic N) is 2. The third-order valence-corrected chi connectivity index (χ3v) is 4.11. The molecule has 2 aromatic rings. The highest BCUT2D eigenvalue weighted by atomic mass is 16.5. The summed E-state index contributed by atoms with van der Waals surface area (Å²) in [7, 11) is 3.31. The van der Waals surface area contributed by atoms with Crippen LogP contribution in [0, 0.1) is 0 Å². The Labute approximate surface area is 124 Å². The van der Waals surface area contributed by atoms with Gasteiger partial charge in [0.05, 0.1) is 27.0 Å². The van der Waals surface area contributed by atoms with Crippen LogP contribution >= 0.6 is 0 Å². The van der Waals surface area contributed by atoms with Crippen LogP contribution in [0.4, 0.5) is 0 Å². The molecule has 0 saturated carbocycles. The van der Waals surface area contributed by atoms with Crippen molar-refractivity contribution in [2.45, 2.75) is 31.8 Å². The fraction of sp³-hybridized carbons (Fsp3) is 0.438. The minimum absolute atomic E-state index is 0.120. The van der Waals surface area contributed by atoms with Crippen molar-refractivity contribution in [3.8, 4) is 11.5 Å². The van der Waals surface area contributed by atoms with Gasteiger partial charge in [0.25, 0.3) is 0 Å². The molecule has 0 saturated heterocycles. The lowest BCUT2D eigenvalue weighted by molar-refractivity contribution is 0.350. The summed E-state index contributed by atoms with van der Waals surface area (Å²) >= 11 is 0. The van der Waals surface area contributed by atoms with E-state index in [9.17, 15) is 0 Å². The van der Waals surface area contributed by atoms with Gasteiger partial charge in [-0.2, -0.15) is 5.10 Å². The summed E-state index contributed by atoms with van der Waals surface area (Å²) in [5.74, 6) is 1.51. The molecule has 0 fully saturated rings. The van der Waals surface area contributed by atoms with Gasteiger partial charge in [0.1, 0.15) is 0 Å². The van der Waals surface area contributed by atoms with E-state index < -0.39 is 0 Å². The number of nitrogens with two attached hydrogens (primary N) is 1. The van der Waals surface area contributed by atoms with Crippen molar-refractivity contribution < 1.29 is 9.47 Å². The molecule has 5 nitrogen and oxygen atoms in total. The first kappa shape index (κ1) is 13.9. The summed E-state index contributed by atoms with van der Waals surface area (Å²) in [6.07, 6.45) is 5.11. The van der Waals surface area contributed by atoms with E-state index in [1.54, 1.807) is 14.2 Å². The van der Waals surface area contributed by atoms with E-state index >= 15 is 0 Å².